The summed E-state index contributed by atoms with van der Waals surface area (Å²) >= 11 is 6.08. The van der Waals surface area contributed by atoms with Gasteiger partial charge in [0, 0.05) is 47.9 Å². The predicted molar refractivity (Wildman–Crippen MR) is 109 cm³/mol. The summed E-state index contributed by atoms with van der Waals surface area (Å²) in [6, 6.07) is 7.53. The molecule has 1 amide bonds. The topological polar surface area (TPSA) is 66.8 Å². The minimum atomic E-state index is 0.0487. The van der Waals surface area contributed by atoms with E-state index >= 15 is 0 Å². The van der Waals surface area contributed by atoms with Gasteiger partial charge in [-0.3, -0.25) is 4.79 Å². The van der Waals surface area contributed by atoms with Crippen molar-refractivity contribution >= 4 is 28.4 Å². The van der Waals surface area contributed by atoms with E-state index in [1.54, 1.807) is 0 Å². The number of carbonyl (C=O) groups excluding carboxylic acids is 1. The lowest BCUT2D eigenvalue weighted by molar-refractivity contribution is 0.0698. The average molecular weight is 398 g/mol. The molecule has 1 fully saturated rings. The van der Waals surface area contributed by atoms with Crippen LogP contribution in [-0.2, 0) is 13.0 Å². The third-order valence-electron chi connectivity index (χ3n) is 6.03. The van der Waals surface area contributed by atoms with E-state index in [4.69, 9.17) is 11.6 Å². The van der Waals surface area contributed by atoms with Gasteiger partial charge >= 0.3 is 0 Å². The zero-order valence-corrected chi connectivity index (χ0v) is 16.6. The minimum absolute atomic E-state index is 0.0487. The molecule has 1 atom stereocenters. The Kier molecular flexibility index (Phi) is 4.59. The van der Waals surface area contributed by atoms with Gasteiger partial charge < -0.3 is 14.5 Å². The molecule has 6 nitrogen and oxygen atoms in total. The van der Waals surface area contributed by atoms with Gasteiger partial charge in [0.1, 0.15) is 17.3 Å². The maximum absolute atomic E-state index is 13.1. The number of nitrogens with one attached hydrogen (secondary N) is 1. The van der Waals surface area contributed by atoms with E-state index in [0.29, 0.717) is 17.3 Å². The minimum Gasteiger partial charge on any atom is -0.351 e. The van der Waals surface area contributed by atoms with E-state index < -0.39 is 0 Å². The van der Waals surface area contributed by atoms with Gasteiger partial charge in [-0.05, 0) is 49.9 Å². The second-order valence-corrected chi connectivity index (χ2v) is 8.38. The highest BCUT2D eigenvalue weighted by Crippen LogP contribution is 2.29. The fraction of sp³-hybridized carbons (Fsp3) is 0.476. The predicted octanol–water partition coefficient (Wildman–Crippen LogP) is 4.16. The molecule has 0 radical (unpaired) electrons. The number of aromatic amines is 1. The largest absolute Gasteiger partial charge is 0.351 e. The molecule has 1 unspecified atom stereocenters. The number of piperidine rings is 1. The molecule has 0 bridgehead atoms. The Labute approximate surface area is 168 Å². The smallest absolute Gasteiger partial charge is 0.270 e. The lowest BCUT2D eigenvalue weighted by Crippen LogP contribution is -2.40. The lowest BCUT2D eigenvalue weighted by atomic mass is 9.96. The molecule has 28 heavy (non-hydrogen) atoms. The van der Waals surface area contributed by atoms with Gasteiger partial charge in [0.15, 0.2) is 0 Å². The molecule has 3 aromatic rings. The number of hydrogen-bond donors (Lipinski definition) is 1. The number of likely N-dealkylation sites (tertiary alicyclic amines) is 1. The molecular weight excluding hydrogens is 374 g/mol. The van der Waals surface area contributed by atoms with Gasteiger partial charge in [0.05, 0.1) is 0 Å². The molecule has 1 N–H and O–H groups in total. The van der Waals surface area contributed by atoms with E-state index in [0.717, 1.165) is 54.9 Å². The number of fused-ring (bicyclic) bond motifs is 2. The Balaban J connectivity index is 1.38. The number of rotatable bonds is 2. The van der Waals surface area contributed by atoms with Crippen molar-refractivity contribution in [3.05, 3.63) is 46.6 Å². The Morgan fingerprint density at radius 2 is 2.04 bits per heavy atom. The fourth-order valence-electron chi connectivity index (χ4n) is 4.57. The lowest BCUT2D eigenvalue weighted by Gasteiger charge is -2.32. The third-order valence-corrected chi connectivity index (χ3v) is 6.26. The first-order valence-corrected chi connectivity index (χ1v) is 10.6. The summed E-state index contributed by atoms with van der Waals surface area (Å²) < 4.78 is 2.32. The van der Waals surface area contributed by atoms with E-state index in [1.165, 1.54) is 19.3 Å². The number of carbonyl (C=O) groups is 1. The molecule has 0 aliphatic carbocycles. The number of hydrogen-bond acceptors (Lipinski definition) is 3. The molecule has 4 heterocycles. The molecule has 0 saturated carbocycles. The van der Waals surface area contributed by atoms with Gasteiger partial charge in [0.2, 0.25) is 0 Å². The number of halogens is 1. The van der Waals surface area contributed by atoms with Crippen molar-refractivity contribution in [2.75, 3.05) is 13.1 Å². The van der Waals surface area contributed by atoms with Crippen molar-refractivity contribution < 1.29 is 4.79 Å². The van der Waals surface area contributed by atoms with Crippen LogP contribution < -0.4 is 0 Å². The summed E-state index contributed by atoms with van der Waals surface area (Å²) in [6.07, 6.45) is 6.69. The Morgan fingerprint density at radius 1 is 1.11 bits per heavy atom. The molecule has 1 saturated heterocycles. The SMILES string of the molecule is O=C(c1cc2cc(Cl)ccc2[nH]1)N1CCCC(c2nnc3n2CCCCC3)C1. The van der Waals surface area contributed by atoms with Crippen LogP contribution in [0.3, 0.4) is 0 Å². The zero-order valence-electron chi connectivity index (χ0n) is 15.8. The van der Waals surface area contributed by atoms with Crippen molar-refractivity contribution in [2.24, 2.45) is 0 Å². The molecule has 0 spiro atoms. The van der Waals surface area contributed by atoms with Gasteiger partial charge in [-0.1, -0.05) is 18.0 Å². The number of aryl methyl sites for hydroxylation is 1. The van der Waals surface area contributed by atoms with Crippen LogP contribution in [0.2, 0.25) is 5.02 Å². The standard InChI is InChI=1S/C21H24ClN5O/c22-16-7-8-17-15(11-16)12-18(23-17)21(28)26-9-4-5-14(13-26)20-25-24-19-6-2-1-3-10-27(19)20/h7-8,11-12,14,23H,1-6,9-10,13H2. The highest BCUT2D eigenvalue weighted by atomic mass is 35.5. The van der Waals surface area contributed by atoms with Crippen LogP contribution in [0, 0.1) is 0 Å². The summed E-state index contributed by atoms with van der Waals surface area (Å²) in [5.41, 5.74) is 1.56. The number of aromatic nitrogens is 4. The molecule has 2 aliphatic rings. The zero-order chi connectivity index (χ0) is 19.1. The fourth-order valence-corrected chi connectivity index (χ4v) is 4.75. The molecular formula is C21H24ClN5O. The highest BCUT2D eigenvalue weighted by Gasteiger charge is 2.30. The average Bonchev–Trinajstić information content (AvgIpc) is 3.24. The van der Waals surface area contributed by atoms with Crippen molar-refractivity contribution in [3.8, 4) is 0 Å². The molecule has 146 valence electrons. The van der Waals surface area contributed by atoms with Gasteiger partial charge in [-0.25, -0.2) is 0 Å². The maximum atomic E-state index is 13.1. The molecule has 1 aromatic carbocycles. The van der Waals surface area contributed by atoms with E-state index in [9.17, 15) is 4.79 Å². The van der Waals surface area contributed by atoms with Crippen LogP contribution in [0.15, 0.2) is 24.3 Å². The van der Waals surface area contributed by atoms with E-state index in [-0.39, 0.29) is 11.8 Å². The number of nitrogens with zero attached hydrogens (tertiary/aromatic N) is 4. The van der Waals surface area contributed by atoms with Crippen molar-refractivity contribution in [1.29, 1.82) is 0 Å². The summed E-state index contributed by atoms with van der Waals surface area (Å²) in [4.78, 5) is 18.3. The number of amides is 1. The van der Waals surface area contributed by atoms with E-state index in [1.807, 2.05) is 29.2 Å². The van der Waals surface area contributed by atoms with Crippen molar-refractivity contribution in [1.82, 2.24) is 24.6 Å². The van der Waals surface area contributed by atoms with Crippen LogP contribution in [0.1, 0.15) is 60.2 Å². The Bertz CT molecular complexity index is 1020. The number of benzene rings is 1. The quantitative estimate of drug-likeness (QED) is 0.706. The van der Waals surface area contributed by atoms with Crippen LogP contribution in [0.4, 0.5) is 0 Å². The first-order valence-electron chi connectivity index (χ1n) is 10.2. The first kappa shape index (κ1) is 17.7. The van der Waals surface area contributed by atoms with Gasteiger partial charge in [-0.15, -0.1) is 10.2 Å². The summed E-state index contributed by atoms with van der Waals surface area (Å²) in [6.45, 7) is 2.49. The Morgan fingerprint density at radius 3 is 2.96 bits per heavy atom. The summed E-state index contributed by atoms with van der Waals surface area (Å²) in [5.74, 6) is 2.49. The van der Waals surface area contributed by atoms with Crippen LogP contribution in [-0.4, -0.2) is 43.6 Å². The molecule has 2 aromatic heterocycles. The molecule has 2 aliphatic heterocycles. The summed E-state index contributed by atoms with van der Waals surface area (Å²) in [7, 11) is 0. The first-order chi connectivity index (χ1) is 13.7. The Hall–Kier alpha value is -2.34. The van der Waals surface area contributed by atoms with Crippen LogP contribution >= 0.6 is 11.6 Å². The number of H-pyrrole nitrogens is 1. The van der Waals surface area contributed by atoms with E-state index in [2.05, 4.69) is 19.7 Å². The molecule has 7 heteroatoms. The third kappa shape index (κ3) is 3.20. The van der Waals surface area contributed by atoms with Crippen molar-refractivity contribution in [2.45, 2.75) is 51.0 Å². The normalized spacial score (nSPS) is 20.2. The monoisotopic (exact) mass is 397 g/mol. The maximum Gasteiger partial charge on any atom is 0.270 e. The second-order valence-electron chi connectivity index (χ2n) is 7.94. The van der Waals surface area contributed by atoms with Gasteiger partial charge in [0.25, 0.3) is 5.91 Å². The van der Waals surface area contributed by atoms with Gasteiger partial charge in [-0.2, -0.15) is 0 Å². The second kappa shape index (κ2) is 7.24. The summed E-state index contributed by atoms with van der Waals surface area (Å²) in [5, 5.41) is 10.6. The highest BCUT2D eigenvalue weighted by molar-refractivity contribution is 6.31. The van der Waals surface area contributed by atoms with Crippen LogP contribution in [0.25, 0.3) is 10.9 Å². The van der Waals surface area contributed by atoms with Crippen LogP contribution in [0.5, 0.6) is 0 Å². The van der Waals surface area contributed by atoms with Crippen molar-refractivity contribution in [3.63, 3.8) is 0 Å². The molecule has 5 rings (SSSR count).